The first-order valence-electron chi connectivity index (χ1n) is 6.65. The zero-order valence-corrected chi connectivity index (χ0v) is 10.9. The molecule has 0 aromatic carbocycles. The summed E-state index contributed by atoms with van der Waals surface area (Å²) in [6.07, 6.45) is 3.89. The topological polar surface area (TPSA) is 87.9 Å². The Morgan fingerprint density at radius 1 is 1.50 bits per heavy atom. The van der Waals surface area contributed by atoms with E-state index in [1.807, 2.05) is 11.8 Å². The first-order valence-corrected chi connectivity index (χ1v) is 6.65. The van der Waals surface area contributed by atoms with Gasteiger partial charge < -0.3 is 10.6 Å². The highest BCUT2D eigenvalue weighted by atomic mass is 16.2. The Balaban J connectivity index is 1.91. The van der Waals surface area contributed by atoms with Crippen molar-refractivity contribution in [3.63, 3.8) is 0 Å². The Kier molecular flexibility index (Phi) is 4.30. The van der Waals surface area contributed by atoms with Crippen LogP contribution in [-0.2, 0) is 6.42 Å². The van der Waals surface area contributed by atoms with Crippen LogP contribution in [0.1, 0.15) is 42.6 Å². The van der Waals surface area contributed by atoms with Crippen molar-refractivity contribution in [3.8, 4) is 0 Å². The van der Waals surface area contributed by atoms with E-state index in [0.717, 1.165) is 51.1 Å². The summed E-state index contributed by atoms with van der Waals surface area (Å²) < 4.78 is 0. The first kappa shape index (κ1) is 13.0. The second kappa shape index (κ2) is 5.95. The van der Waals surface area contributed by atoms with Gasteiger partial charge in [0.05, 0.1) is 0 Å². The maximum absolute atomic E-state index is 12.1. The predicted molar refractivity (Wildman–Crippen MR) is 68.1 cm³/mol. The molecule has 1 aliphatic heterocycles. The van der Waals surface area contributed by atoms with E-state index in [0.29, 0.717) is 11.7 Å². The third-order valence-electron chi connectivity index (χ3n) is 3.53. The minimum absolute atomic E-state index is 0.0582. The normalized spacial score (nSPS) is 17.1. The second-order valence-corrected chi connectivity index (χ2v) is 4.77. The maximum atomic E-state index is 12.1. The van der Waals surface area contributed by atoms with E-state index >= 15 is 0 Å². The fourth-order valence-electron chi connectivity index (χ4n) is 2.35. The molecule has 0 bridgehead atoms. The fourth-order valence-corrected chi connectivity index (χ4v) is 2.35. The highest BCUT2D eigenvalue weighted by molar-refractivity contribution is 5.90. The molecule has 6 nitrogen and oxygen atoms in total. The van der Waals surface area contributed by atoms with E-state index in [-0.39, 0.29) is 5.91 Å². The third-order valence-corrected chi connectivity index (χ3v) is 3.53. The Morgan fingerprint density at radius 2 is 2.22 bits per heavy atom. The minimum atomic E-state index is -0.0582. The summed E-state index contributed by atoms with van der Waals surface area (Å²) >= 11 is 0. The van der Waals surface area contributed by atoms with Gasteiger partial charge in [0.2, 0.25) is 5.82 Å². The van der Waals surface area contributed by atoms with Gasteiger partial charge in [-0.15, -0.1) is 5.10 Å². The summed E-state index contributed by atoms with van der Waals surface area (Å²) in [5.41, 5.74) is 5.56. The number of aromatic amines is 1. The molecule has 18 heavy (non-hydrogen) atoms. The number of hydrogen-bond acceptors (Lipinski definition) is 4. The number of aromatic nitrogens is 3. The number of piperidine rings is 1. The van der Waals surface area contributed by atoms with Crippen LogP contribution in [0.25, 0.3) is 0 Å². The molecule has 6 heteroatoms. The van der Waals surface area contributed by atoms with Crippen LogP contribution >= 0.6 is 0 Å². The number of H-pyrrole nitrogens is 1. The Bertz CT molecular complexity index is 395. The summed E-state index contributed by atoms with van der Waals surface area (Å²) in [4.78, 5) is 18.2. The molecule has 1 aromatic heterocycles. The first-order chi connectivity index (χ1) is 8.74. The van der Waals surface area contributed by atoms with Crippen molar-refractivity contribution in [1.82, 2.24) is 20.1 Å². The zero-order chi connectivity index (χ0) is 13.0. The van der Waals surface area contributed by atoms with Crippen molar-refractivity contribution in [2.45, 2.75) is 32.6 Å². The number of nitrogens with one attached hydrogen (secondary N) is 1. The molecule has 1 fully saturated rings. The molecule has 0 aliphatic carbocycles. The SMILES string of the molecule is CCc1nc(C(=O)N2CCC(CCN)CC2)n[nH]1. The fraction of sp³-hybridized carbons (Fsp3) is 0.750. The zero-order valence-electron chi connectivity index (χ0n) is 10.9. The van der Waals surface area contributed by atoms with Crippen LogP contribution in [0.2, 0.25) is 0 Å². The van der Waals surface area contributed by atoms with Gasteiger partial charge in [-0.2, -0.15) is 0 Å². The molecule has 0 saturated carbocycles. The number of likely N-dealkylation sites (tertiary alicyclic amines) is 1. The van der Waals surface area contributed by atoms with E-state index in [2.05, 4.69) is 15.2 Å². The van der Waals surface area contributed by atoms with Crippen LogP contribution in [0.5, 0.6) is 0 Å². The van der Waals surface area contributed by atoms with Gasteiger partial charge in [0.25, 0.3) is 5.91 Å². The number of amides is 1. The standard InChI is InChI=1S/C12H21N5O/c1-2-10-14-11(16-15-10)12(18)17-7-4-9(3-6-13)5-8-17/h9H,2-8,13H2,1H3,(H,14,15,16). The summed E-state index contributed by atoms with van der Waals surface area (Å²) in [6.45, 7) is 4.30. The number of carbonyl (C=O) groups excluding carboxylic acids is 1. The van der Waals surface area contributed by atoms with Gasteiger partial charge in [0.1, 0.15) is 5.82 Å². The van der Waals surface area contributed by atoms with Crippen LogP contribution in [0.15, 0.2) is 0 Å². The molecule has 0 spiro atoms. The lowest BCUT2D eigenvalue weighted by Crippen LogP contribution is -2.39. The summed E-state index contributed by atoms with van der Waals surface area (Å²) in [5, 5.41) is 6.75. The van der Waals surface area contributed by atoms with Crippen LogP contribution in [0, 0.1) is 5.92 Å². The van der Waals surface area contributed by atoms with E-state index < -0.39 is 0 Å². The molecular weight excluding hydrogens is 230 g/mol. The number of hydrogen-bond donors (Lipinski definition) is 2. The number of nitrogens with zero attached hydrogens (tertiary/aromatic N) is 3. The van der Waals surface area contributed by atoms with Crippen molar-refractivity contribution >= 4 is 5.91 Å². The van der Waals surface area contributed by atoms with Crippen molar-refractivity contribution in [1.29, 1.82) is 0 Å². The predicted octanol–water partition coefficient (Wildman–Crippen LogP) is 0.568. The molecular formula is C12H21N5O. The van der Waals surface area contributed by atoms with E-state index in [9.17, 15) is 4.79 Å². The van der Waals surface area contributed by atoms with Gasteiger partial charge in [-0.05, 0) is 31.7 Å². The quantitative estimate of drug-likeness (QED) is 0.818. The van der Waals surface area contributed by atoms with Crippen LogP contribution in [-0.4, -0.2) is 45.6 Å². The lowest BCUT2D eigenvalue weighted by Gasteiger charge is -2.31. The Hall–Kier alpha value is -1.43. The van der Waals surface area contributed by atoms with Gasteiger partial charge in [-0.1, -0.05) is 6.92 Å². The van der Waals surface area contributed by atoms with Crippen molar-refractivity contribution in [2.75, 3.05) is 19.6 Å². The molecule has 1 saturated heterocycles. The molecule has 0 atom stereocenters. The van der Waals surface area contributed by atoms with Gasteiger partial charge in [0, 0.05) is 19.5 Å². The monoisotopic (exact) mass is 251 g/mol. The second-order valence-electron chi connectivity index (χ2n) is 4.77. The molecule has 3 N–H and O–H groups in total. The lowest BCUT2D eigenvalue weighted by atomic mass is 9.93. The van der Waals surface area contributed by atoms with Crippen molar-refractivity contribution in [3.05, 3.63) is 11.6 Å². The van der Waals surface area contributed by atoms with E-state index in [1.165, 1.54) is 0 Å². The van der Waals surface area contributed by atoms with E-state index in [4.69, 9.17) is 5.73 Å². The molecule has 0 radical (unpaired) electrons. The number of aryl methyl sites for hydroxylation is 1. The van der Waals surface area contributed by atoms with Crippen LogP contribution in [0.4, 0.5) is 0 Å². The highest BCUT2D eigenvalue weighted by Gasteiger charge is 2.25. The average Bonchev–Trinajstić information content (AvgIpc) is 2.88. The average molecular weight is 251 g/mol. The van der Waals surface area contributed by atoms with Crippen LogP contribution in [0.3, 0.4) is 0 Å². The number of nitrogens with two attached hydrogens (primary N) is 1. The van der Waals surface area contributed by atoms with Crippen molar-refractivity contribution in [2.24, 2.45) is 11.7 Å². The van der Waals surface area contributed by atoms with E-state index in [1.54, 1.807) is 0 Å². The summed E-state index contributed by atoms with van der Waals surface area (Å²) in [6, 6.07) is 0. The molecule has 1 aliphatic rings. The summed E-state index contributed by atoms with van der Waals surface area (Å²) in [7, 11) is 0. The molecule has 0 unspecified atom stereocenters. The van der Waals surface area contributed by atoms with Gasteiger partial charge in [-0.25, -0.2) is 4.98 Å². The Labute approximate surface area is 107 Å². The third kappa shape index (κ3) is 2.87. The molecule has 1 aromatic rings. The Morgan fingerprint density at radius 3 is 2.78 bits per heavy atom. The highest BCUT2D eigenvalue weighted by Crippen LogP contribution is 2.20. The van der Waals surface area contributed by atoms with Gasteiger partial charge >= 0.3 is 0 Å². The maximum Gasteiger partial charge on any atom is 0.293 e. The van der Waals surface area contributed by atoms with Gasteiger partial charge in [0.15, 0.2) is 0 Å². The van der Waals surface area contributed by atoms with Crippen LogP contribution < -0.4 is 5.73 Å². The minimum Gasteiger partial charge on any atom is -0.336 e. The smallest absolute Gasteiger partial charge is 0.293 e. The molecule has 1 amide bonds. The largest absolute Gasteiger partial charge is 0.336 e. The lowest BCUT2D eigenvalue weighted by molar-refractivity contribution is 0.0676. The number of rotatable bonds is 4. The molecule has 2 heterocycles. The van der Waals surface area contributed by atoms with Crippen molar-refractivity contribution < 1.29 is 4.79 Å². The molecule has 100 valence electrons. The van der Waals surface area contributed by atoms with Gasteiger partial charge in [-0.3, -0.25) is 9.89 Å². The molecule has 2 rings (SSSR count). The number of carbonyl (C=O) groups is 1. The summed E-state index contributed by atoms with van der Waals surface area (Å²) in [5.74, 6) is 1.66.